The third-order valence-electron chi connectivity index (χ3n) is 6.08. The van der Waals surface area contributed by atoms with E-state index in [1.165, 1.54) is 6.92 Å². The van der Waals surface area contributed by atoms with Crippen LogP contribution in [0.5, 0.6) is 0 Å². The van der Waals surface area contributed by atoms with Gasteiger partial charge in [0.15, 0.2) is 0 Å². The maximum Gasteiger partial charge on any atom is 0.326 e. The van der Waals surface area contributed by atoms with E-state index in [1.807, 2.05) is 12.1 Å². The third kappa shape index (κ3) is 8.28. The number of carboxylic acids is 2. The van der Waals surface area contributed by atoms with Crippen molar-refractivity contribution in [3.8, 4) is 0 Å². The van der Waals surface area contributed by atoms with Crippen LogP contribution >= 0.6 is 0 Å². The number of hydrogen-bond acceptors (Lipinski definition) is 7. The second kappa shape index (κ2) is 13.5. The van der Waals surface area contributed by atoms with Crippen LogP contribution in [0.15, 0.2) is 30.5 Å². The number of amides is 3. The lowest BCUT2D eigenvalue weighted by atomic mass is 10.0. The van der Waals surface area contributed by atoms with E-state index in [9.17, 15) is 34.2 Å². The van der Waals surface area contributed by atoms with Gasteiger partial charge in [0.2, 0.25) is 17.7 Å². The van der Waals surface area contributed by atoms with Gasteiger partial charge in [-0.05, 0) is 30.9 Å². The number of aromatic amines is 1. The third-order valence-corrected chi connectivity index (χ3v) is 6.08. The number of nitrogens with one attached hydrogen (secondary N) is 4. The summed E-state index contributed by atoms with van der Waals surface area (Å²) in [4.78, 5) is 64.3. The average Bonchev–Trinajstić information content (AvgIpc) is 3.25. The molecular formula is C25H35N5O8. The number of H-pyrrole nitrogens is 1. The van der Waals surface area contributed by atoms with Crippen LogP contribution < -0.4 is 21.7 Å². The van der Waals surface area contributed by atoms with E-state index in [1.54, 1.807) is 32.2 Å². The molecule has 0 aliphatic carbocycles. The van der Waals surface area contributed by atoms with E-state index in [2.05, 4.69) is 20.9 Å². The van der Waals surface area contributed by atoms with Crippen LogP contribution in [0, 0.1) is 5.92 Å². The molecule has 0 fully saturated rings. The summed E-state index contributed by atoms with van der Waals surface area (Å²) in [7, 11) is 0. The second-order valence-corrected chi connectivity index (χ2v) is 9.45. The summed E-state index contributed by atoms with van der Waals surface area (Å²) in [5.41, 5.74) is 7.25. The molecule has 5 unspecified atom stereocenters. The first-order chi connectivity index (χ1) is 17.8. The number of aliphatic hydroxyl groups excluding tert-OH is 1. The highest BCUT2D eigenvalue weighted by Crippen LogP contribution is 2.19. The number of carbonyl (C=O) groups excluding carboxylic acids is 3. The van der Waals surface area contributed by atoms with Crippen LogP contribution in [0.1, 0.15) is 39.2 Å². The monoisotopic (exact) mass is 533 g/mol. The molecule has 1 aromatic heterocycles. The van der Waals surface area contributed by atoms with Crippen molar-refractivity contribution in [3.05, 3.63) is 36.0 Å². The van der Waals surface area contributed by atoms with Gasteiger partial charge in [0.1, 0.15) is 18.1 Å². The maximum absolute atomic E-state index is 13.0. The van der Waals surface area contributed by atoms with Crippen LogP contribution in [0.4, 0.5) is 0 Å². The molecule has 38 heavy (non-hydrogen) atoms. The smallest absolute Gasteiger partial charge is 0.326 e. The summed E-state index contributed by atoms with van der Waals surface area (Å²) in [6.07, 6.45) is -0.652. The fourth-order valence-corrected chi connectivity index (χ4v) is 3.75. The van der Waals surface area contributed by atoms with E-state index >= 15 is 0 Å². The van der Waals surface area contributed by atoms with Gasteiger partial charge in [0, 0.05) is 29.9 Å². The van der Waals surface area contributed by atoms with Gasteiger partial charge in [0.25, 0.3) is 0 Å². The Morgan fingerprint density at radius 3 is 2.13 bits per heavy atom. The Kier molecular flexibility index (Phi) is 10.8. The van der Waals surface area contributed by atoms with E-state index in [4.69, 9.17) is 10.8 Å². The highest BCUT2D eigenvalue weighted by Gasteiger charge is 2.33. The molecule has 2 aromatic rings. The predicted molar refractivity (Wildman–Crippen MR) is 137 cm³/mol. The number of aliphatic carboxylic acids is 2. The molecule has 0 saturated heterocycles. The molecule has 1 heterocycles. The first-order valence-corrected chi connectivity index (χ1v) is 12.2. The molecule has 0 spiro atoms. The summed E-state index contributed by atoms with van der Waals surface area (Å²) < 4.78 is 0. The van der Waals surface area contributed by atoms with Crippen molar-refractivity contribution in [2.45, 2.75) is 70.3 Å². The van der Waals surface area contributed by atoms with Crippen LogP contribution in [-0.2, 0) is 30.4 Å². The zero-order chi connectivity index (χ0) is 28.6. The van der Waals surface area contributed by atoms with E-state index in [0.717, 1.165) is 10.9 Å². The standard InChI is InChI=1S/C25H35N5O8/c1-12(2)20(26)23(35)28-17(8-9-19(32)33)22(34)30-21(13(3)31)24(36)29-18(25(37)38)10-14-11-27-16-7-5-4-6-15(14)16/h4-7,11-13,17-18,20-21,27,31H,8-10,26H2,1-3H3,(H,28,35)(H,29,36)(H,30,34)(H,32,33)(H,37,38). The number of rotatable bonds is 14. The summed E-state index contributed by atoms with van der Waals surface area (Å²) in [5, 5.41) is 36.7. The minimum Gasteiger partial charge on any atom is -0.481 e. The molecule has 0 aliphatic rings. The molecule has 0 saturated carbocycles. The van der Waals surface area contributed by atoms with Crippen molar-refractivity contribution in [2.24, 2.45) is 11.7 Å². The number of para-hydroxylation sites is 1. The van der Waals surface area contributed by atoms with E-state index in [0.29, 0.717) is 5.56 Å². The van der Waals surface area contributed by atoms with Gasteiger partial charge in [-0.15, -0.1) is 0 Å². The highest BCUT2D eigenvalue weighted by molar-refractivity contribution is 5.95. The Labute approximate surface area is 219 Å². The van der Waals surface area contributed by atoms with Gasteiger partial charge >= 0.3 is 11.9 Å². The van der Waals surface area contributed by atoms with Crippen molar-refractivity contribution in [1.29, 1.82) is 0 Å². The lowest BCUT2D eigenvalue weighted by Crippen LogP contribution is -2.60. The minimum absolute atomic E-state index is 0.0735. The zero-order valence-corrected chi connectivity index (χ0v) is 21.4. The van der Waals surface area contributed by atoms with E-state index in [-0.39, 0.29) is 18.8 Å². The van der Waals surface area contributed by atoms with E-state index < -0.39 is 66.4 Å². The quantitative estimate of drug-likeness (QED) is 0.156. The number of benzene rings is 1. The molecule has 1 aromatic carbocycles. The first kappa shape index (κ1) is 30.3. The van der Waals surface area contributed by atoms with Gasteiger partial charge in [-0.25, -0.2) is 4.79 Å². The first-order valence-electron chi connectivity index (χ1n) is 12.2. The Hall–Kier alpha value is -3.97. The van der Waals surface area contributed by atoms with Gasteiger partial charge in [-0.2, -0.15) is 0 Å². The maximum atomic E-state index is 13.0. The molecule has 0 bridgehead atoms. The largest absolute Gasteiger partial charge is 0.481 e. The number of hydrogen-bond donors (Lipinski definition) is 8. The van der Waals surface area contributed by atoms with Crippen LogP contribution in [-0.4, -0.2) is 80.2 Å². The summed E-state index contributed by atoms with van der Waals surface area (Å²) in [5.74, 6) is -5.39. The molecule has 208 valence electrons. The molecule has 0 aliphatic heterocycles. The Morgan fingerprint density at radius 2 is 1.55 bits per heavy atom. The summed E-state index contributed by atoms with van der Waals surface area (Å²) in [6, 6.07) is 1.93. The van der Waals surface area contributed by atoms with Crippen molar-refractivity contribution in [2.75, 3.05) is 0 Å². The number of nitrogens with two attached hydrogens (primary N) is 1. The van der Waals surface area contributed by atoms with Crippen LogP contribution in [0.2, 0.25) is 0 Å². The minimum atomic E-state index is -1.59. The lowest BCUT2D eigenvalue weighted by molar-refractivity contribution is -0.143. The molecule has 2 rings (SSSR count). The molecule has 13 heteroatoms. The van der Waals surface area contributed by atoms with Crippen molar-refractivity contribution < 1.29 is 39.3 Å². The second-order valence-electron chi connectivity index (χ2n) is 9.45. The van der Waals surface area contributed by atoms with Crippen molar-refractivity contribution >= 4 is 40.6 Å². The summed E-state index contributed by atoms with van der Waals surface area (Å²) in [6.45, 7) is 4.61. The number of carboxylic acid groups (broad SMARTS) is 2. The normalized spacial score (nSPS) is 15.2. The topological polar surface area (TPSA) is 224 Å². The Balaban J connectivity index is 2.17. The number of fused-ring (bicyclic) bond motifs is 1. The van der Waals surface area contributed by atoms with Gasteiger partial charge < -0.3 is 42.0 Å². The average molecular weight is 534 g/mol. The van der Waals surface area contributed by atoms with Crippen LogP contribution in [0.3, 0.4) is 0 Å². The predicted octanol–water partition coefficient (Wildman–Crippen LogP) is -0.522. The van der Waals surface area contributed by atoms with Crippen LogP contribution in [0.25, 0.3) is 10.9 Å². The molecule has 5 atom stereocenters. The molecule has 3 amide bonds. The Morgan fingerprint density at radius 1 is 0.921 bits per heavy atom. The fraction of sp³-hybridized carbons (Fsp3) is 0.480. The lowest BCUT2D eigenvalue weighted by Gasteiger charge is -2.26. The number of aromatic nitrogens is 1. The SMILES string of the molecule is CC(C)C(N)C(=O)NC(CCC(=O)O)C(=O)NC(C(=O)NC(Cc1c[nH]c2ccccc12)C(=O)O)C(C)O. The molecule has 9 N–H and O–H groups in total. The molecule has 13 nitrogen and oxygen atoms in total. The van der Waals surface area contributed by atoms with Crippen molar-refractivity contribution in [3.63, 3.8) is 0 Å². The number of aliphatic hydroxyl groups is 1. The number of carbonyl (C=O) groups is 5. The Bertz CT molecular complexity index is 1160. The highest BCUT2D eigenvalue weighted by atomic mass is 16.4. The van der Waals surface area contributed by atoms with Gasteiger partial charge in [-0.1, -0.05) is 32.0 Å². The molecule has 0 radical (unpaired) electrons. The van der Waals surface area contributed by atoms with Gasteiger partial charge in [-0.3, -0.25) is 19.2 Å². The fourth-order valence-electron chi connectivity index (χ4n) is 3.75. The van der Waals surface area contributed by atoms with Gasteiger partial charge in [0.05, 0.1) is 12.1 Å². The zero-order valence-electron chi connectivity index (χ0n) is 21.4. The molecular weight excluding hydrogens is 498 g/mol. The summed E-state index contributed by atoms with van der Waals surface area (Å²) >= 11 is 0. The van der Waals surface area contributed by atoms with Crippen molar-refractivity contribution in [1.82, 2.24) is 20.9 Å².